The summed E-state index contributed by atoms with van der Waals surface area (Å²) >= 11 is 0. The minimum atomic E-state index is 0.729. The maximum absolute atomic E-state index is 5.29. The first-order valence-corrected chi connectivity index (χ1v) is 7.03. The minimum Gasteiger partial charge on any atom is -0.497 e. The van der Waals surface area contributed by atoms with Gasteiger partial charge in [-0.25, -0.2) is 0 Å². The largest absolute Gasteiger partial charge is 0.497 e. The van der Waals surface area contributed by atoms with Gasteiger partial charge in [0.05, 0.1) is 21.3 Å². The van der Waals surface area contributed by atoms with Crippen LogP contribution >= 0.6 is 0 Å². The van der Waals surface area contributed by atoms with Crippen molar-refractivity contribution in [2.45, 2.75) is 0 Å². The predicted octanol–water partition coefficient (Wildman–Crippen LogP) is 3.84. The third kappa shape index (κ3) is 4.19. The Morgan fingerprint density at radius 1 is 0.864 bits per heavy atom. The van der Waals surface area contributed by atoms with Gasteiger partial charge in [-0.3, -0.25) is 0 Å². The Morgan fingerprint density at radius 2 is 1.59 bits per heavy atom. The fraction of sp³-hybridized carbons (Fsp3) is 0.222. The van der Waals surface area contributed by atoms with Crippen molar-refractivity contribution in [2.75, 3.05) is 33.2 Å². The number of benzene rings is 2. The third-order valence-corrected chi connectivity index (χ3v) is 3.23. The second-order valence-corrected chi connectivity index (χ2v) is 4.63. The van der Waals surface area contributed by atoms with Gasteiger partial charge in [0, 0.05) is 12.2 Å². The second kappa shape index (κ2) is 7.98. The highest BCUT2D eigenvalue weighted by Crippen LogP contribution is 2.27. The fourth-order valence-electron chi connectivity index (χ4n) is 2.04. The van der Waals surface area contributed by atoms with Crippen LogP contribution in [0.15, 0.2) is 48.5 Å². The zero-order valence-electron chi connectivity index (χ0n) is 13.1. The quantitative estimate of drug-likeness (QED) is 0.843. The van der Waals surface area contributed by atoms with Gasteiger partial charge in [0.1, 0.15) is 5.75 Å². The molecule has 2 aromatic rings. The van der Waals surface area contributed by atoms with E-state index in [1.54, 1.807) is 21.3 Å². The van der Waals surface area contributed by atoms with E-state index in [9.17, 15) is 0 Å². The maximum atomic E-state index is 5.29. The molecule has 4 heteroatoms. The topological polar surface area (TPSA) is 39.7 Å². The zero-order valence-corrected chi connectivity index (χ0v) is 13.1. The molecule has 0 unspecified atom stereocenters. The molecule has 116 valence electrons. The molecule has 0 aliphatic heterocycles. The van der Waals surface area contributed by atoms with Gasteiger partial charge < -0.3 is 19.5 Å². The number of rotatable bonds is 7. The Balaban J connectivity index is 1.91. The van der Waals surface area contributed by atoms with Crippen LogP contribution < -0.4 is 19.5 Å². The first-order chi connectivity index (χ1) is 10.8. The van der Waals surface area contributed by atoms with Crippen LogP contribution in [0, 0.1) is 0 Å². The molecule has 0 amide bonds. The standard InChI is InChI=1S/C18H21NO3/c1-20-16-9-7-15(8-10-16)19-12-4-5-14-6-11-17(21-2)18(13-14)22-3/h4-11,13,19H,12H2,1-3H3/b5-4+. The van der Waals surface area contributed by atoms with Gasteiger partial charge >= 0.3 is 0 Å². The lowest BCUT2D eigenvalue weighted by Crippen LogP contribution is -1.97. The Kier molecular flexibility index (Phi) is 5.72. The van der Waals surface area contributed by atoms with Gasteiger partial charge in [-0.05, 0) is 42.0 Å². The van der Waals surface area contributed by atoms with E-state index >= 15 is 0 Å². The summed E-state index contributed by atoms with van der Waals surface area (Å²) in [5.41, 5.74) is 2.12. The van der Waals surface area contributed by atoms with Crippen LogP contribution in [0.1, 0.15) is 5.56 Å². The van der Waals surface area contributed by atoms with E-state index in [0.29, 0.717) is 0 Å². The molecule has 0 saturated carbocycles. The lowest BCUT2D eigenvalue weighted by Gasteiger charge is -2.08. The number of hydrogen-bond acceptors (Lipinski definition) is 4. The van der Waals surface area contributed by atoms with Crippen LogP contribution in [0.4, 0.5) is 5.69 Å². The summed E-state index contributed by atoms with van der Waals surface area (Å²) in [6.07, 6.45) is 4.10. The lowest BCUT2D eigenvalue weighted by molar-refractivity contribution is 0.355. The highest BCUT2D eigenvalue weighted by atomic mass is 16.5. The molecule has 0 heterocycles. The summed E-state index contributed by atoms with van der Waals surface area (Å²) < 4.78 is 15.6. The monoisotopic (exact) mass is 299 g/mol. The van der Waals surface area contributed by atoms with Gasteiger partial charge in [0.2, 0.25) is 0 Å². The van der Waals surface area contributed by atoms with Crippen LogP contribution in [0.2, 0.25) is 0 Å². The maximum Gasteiger partial charge on any atom is 0.161 e. The summed E-state index contributed by atoms with van der Waals surface area (Å²) in [4.78, 5) is 0. The SMILES string of the molecule is COc1ccc(NC/C=C/c2ccc(OC)c(OC)c2)cc1. The van der Waals surface area contributed by atoms with Crippen molar-refractivity contribution in [3.8, 4) is 17.2 Å². The van der Waals surface area contributed by atoms with Crippen molar-refractivity contribution in [1.82, 2.24) is 0 Å². The van der Waals surface area contributed by atoms with Crippen molar-refractivity contribution in [1.29, 1.82) is 0 Å². The molecular weight excluding hydrogens is 278 g/mol. The molecule has 0 fully saturated rings. The zero-order chi connectivity index (χ0) is 15.8. The van der Waals surface area contributed by atoms with Crippen molar-refractivity contribution in [2.24, 2.45) is 0 Å². The van der Waals surface area contributed by atoms with E-state index in [1.807, 2.05) is 48.5 Å². The molecular formula is C18H21NO3. The first-order valence-electron chi connectivity index (χ1n) is 7.03. The van der Waals surface area contributed by atoms with Gasteiger partial charge in [-0.1, -0.05) is 18.2 Å². The summed E-state index contributed by atoms with van der Waals surface area (Å²) in [6, 6.07) is 13.7. The molecule has 0 radical (unpaired) electrons. The molecule has 0 aliphatic carbocycles. The average Bonchev–Trinajstić information content (AvgIpc) is 2.59. The van der Waals surface area contributed by atoms with Crippen LogP contribution in [0.5, 0.6) is 17.2 Å². The molecule has 0 atom stereocenters. The van der Waals surface area contributed by atoms with Gasteiger partial charge in [0.25, 0.3) is 0 Å². The van der Waals surface area contributed by atoms with Crippen LogP contribution in [-0.4, -0.2) is 27.9 Å². The average molecular weight is 299 g/mol. The predicted molar refractivity (Wildman–Crippen MR) is 90.1 cm³/mol. The van der Waals surface area contributed by atoms with E-state index in [0.717, 1.165) is 35.0 Å². The summed E-state index contributed by atoms with van der Waals surface area (Å²) in [5, 5.41) is 3.32. The lowest BCUT2D eigenvalue weighted by atomic mass is 10.2. The Bertz CT molecular complexity index is 621. The van der Waals surface area contributed by atoms with Gasteiger partial charge in [0.15, 0.2) is 11.5 Å². The normalized spacial score (nSPS) is 10.5. The smallest absolute Gasteiger partial charge is 0.161 e. The van der Waals surface area contributed by atoms with E-state index < -0.39 is 0 Å². The van der Waals surface area contributed by atoms with Crippen molar-refractivity contribution in [3.05, 3.63) is 54.1 Å². The van der Waals surface area contributed by atoms with Crippen LogP contribution in [-0.2, 0) is 0 Å². The van der Waals surface area contributed by atoms with Crippen LogP contribution in [0.25, 0.3) is 6.08 Å². The van der Waals surface area contributed by atoms with E-state index in [-0.39, 0.29) is 0 Å². The van der Waals surface area contributed by atoms with E-state index in [4.69, 9.17) is 14.2 Å². The van der Waals surface area contributed by atoms with Crippen molar-refractivity contribution < 1.29 is 14.2 Å². The number of anilines is 1. The molecule has 0 aromatic heterocycles. The molecule has 2 aromatic carbocycles. The highest BCUT2D eigenvalue weighted by molar-refractivity contribution is 5.56. The Labute approximate surface area is 131 Å². The number of hydrogen-bond donors (Lipinski definition) is 1. The fourth-order valence-corrected chi connectivity index (χ4v) is 2.04. The molecule has 0 bridgehead atoms. The third-order valence-electron chi connectivity index (χ3n) is 3.23. The highest BCUT2D eigenvalue weighted by Gasteiger charge is 2.02. The number of ether oxygens (including phenoxy) is 3. The number of methoxy groups -OCH3 is 3. The van der Waals surface area contributed by atoms with Crippen molar-refractivity contribution in [3.63, 3.8) is 0 Å². The molecule has 0 aliphatic rings. The Morgan fingerprint density at radius 3 is 2.23 bits per heavy atom. The summed E-state index contributed by atoms with van der Waals surface area (Å²) in [5.74, 6) is 2.31. The van der Waals surface area contributed by atoms with Crippen LogP contribution in [0.3, 0.4) is 0 Å². The number of nitrogens with one attached hydrogen (secondary N) is 1. The summed E-state index contributed by atoms with van der Waals surface area (Å²) in [6.45, 7) is 0.737. The summed E-state index contributed by atoms with van der Waals surface area (Å²) in [7, 11) is 4.93. The molecule has 0 saturated heterocycles. The van der Waals surface area contributed by atoms with Gasteiger partial charge in [-0.15, -0.1) is 0 Å². The van der Waals surface area contributed by atoms with Crippen molar-refractivity contribution >= 4 is 11.8 Å². The molecule has 2 rings (SSSR count). The molecule has 4 nitrogen and oxygen atoms in total. The molecule has 22 heavy (non-hydrogen) atoms. The molecule has 1 N–H and O–H groups in total. The Hall–Kier alpha value is -2.62. The van der Waals surface area contributed by atoms with E-state index in [1.165, 1.54) is 0 Å². The minimum absolute atomic E-state index is 0.729. The van der Waals surface area contributed by atoms with Gasteiger partial charge in [-0.2, -0.15) is 0 Å². The molecule has 0 spiro atoms. The first kappa shape index (κ1) is 15.8. The second-order valence-electron chi connectivity index (χ2n) is 4.63. The van der Waals surface area contributed by atoms with E-state index in [2.05, 4.69) is 11.4 Å².